The second-order valence-electron chi connectivity index (χ2n) is 7.92. The molecule has 4 rings (SSSR count). The van der Waals surface area contributed by atoms with Crippen molar-refractivity contribution in [3.63, 3.8) is 0 Å². The topological polar surface area (TPSA) is 68.2 Å². The summed E-state index contributed by atoms with van der Waals surface area (Å²) in [4.78, 5) is 29.5. The summed E-state index contributed by atoms with van der Waals surface area (Å²) in [6.07, 6.45) is 0.514. The van der Waals surface area contributed by atoms with E-state index >= 15 is 0 Å². The molecule has 0 bridgehead atoms. The molecule has 162 valence electrons. The maximum atomic E-state index is 13.1. The molecule has 8 heteroatoms. The van der Waals surface area contributed by atoms with Crippen molar-refractivity contribution in [3.05, 3.63) is 59.9 Å². The predicted octanol–water partition coefficient (Wildman–Crippen LogP) is 2.69. The zero-order valence-electron chi connectivity index (χ0n) is 17.6. The highest BCUT2D eigenvalue weighted by Crippen LogP contribution is 2.20. The largest absolute Gasteiger partial charge is 0.369 e. The smallest absolute Gasteiger partial charge is 0.271 e. The molecule has 1 fully saturated rings. The highest BCUT2D eigenvalue weighted by atomic mass is 19.1. The Morgan fingerprint density at radius 2 is 1.68 bits per heavy atom. The van der Waals surface area contributed by atoms with Crippen LogP contribution < -0.4 is 10.2 Å². The lowest BCUT2D eigenvalue weighted by Gasteiger charge is -2.34. The van der Waals surface area contributed by atoms with Gasteiger partial charge >= 0.3 is 0 Å². The van der Waals surface area contributed by atoms with E-state index in [0.717, 1.165) is 37.4 Å². The minimum absolute atomic E-state index is 0.155. The van der Waals surface area contributed by atoms with Crippen LogP contribution in [0.3, 0.4) is 0 Å². The van der Waals surface area contributed by atoms with Crippen molar-refractivity contribution in [1.82, 2.24) is 9.91 Å². The van der Waals surface area contributed by atoms with Crippen LogP contribution in [0.1, 0.15) is 18.4 Å². The number of nitrogens with zero attached hydrogens (tertiary/aromatic N) is 4. The molecule has 0 atom stereocenters. The second kappa shape index (κ2) is 9.26. The lowest BCUT2D eigenvalue weighted by molar-refractivity contribution is -0.132. The van der Waals surface area contributed by atoms with Gasteiger partial charge in [0, 0.05) is 50.4 Å². The summed E-state index contributed by atoms with van der Waals surface area (Å²) in [5, 5.41) is 8.41. The van der Waals surface area contributed by atoms with Gasteiger partial charge in [-0.25, -0.2) is 9.40 Å². The number of nitrogens with one attached hydrogen (secondary N) is 1. The third kappa shape index (κ3) is 5.27. The Morgan fingerprint density at radius 3 is 2.35 bits per heavy atom. The third-order valence-corrected chi connectivity index (χ3v) is 5.61. The van der Waals surface area contributed by atoms with E-state index in [-0.39, 0.29) is 30.6 Å². The van der Waals surface area contributed by atoms with Gasteiger partial charge in [0.25, 0.3) is 5.91 Å². The molecule has 2 aliphatic rings. The molecular weight excluding hydrogens is 397 g/mol. The number of hydrazone groups is 1. The fourth-order valence-electron chi connectivity index (χ4n) is 3.67. The van der Waals surface area contributed by atoms with Crippen LogP contribution in [-0.4, -0.2) is 60.7 Å². The predicted molar refractivity (Wildman–Crippen MR) is 118 cm³/mol. The van der Waals surface area contributed by atoms with Crippen molar-refractivity contribution < 1.29 is 14.0 Å². The monoisotopic (exact) mass is 423 g/mol. The highest BCUT2D eigenvalue weighted by Gasteiger charge is 2.25. The zero-order valence-corrected chi connectivity index (χ0v) is 17.6. The van der Waals surface area contributed by atoms with Gasteiger partial charge in [0.1, 0.15) is 11.5 Å². The number of anilines is 2. The summed E-state index contributed by atoms with van der Waals surface area (Å²) in [5.74, 6) is -0.808. The molecule has 0 aliphatic carbocycles. The van der Waals surface area contributed by atoms with Crippen molar-refractivity contribution in [3.8, 4) is 0 Å². The van der Waals surface area contributed by atoms with Crippen LogP contribution in [0.25, 0.3) is 0 Å². The molecule has 2 aromatic rings. The summed E-state index contributed by atoms with van der Waals surface area (Å²) in [5.41, 5.74) is 2.88. The standard InChI is InChI=1S/C23H26FN5O2/c1-27-12-14-28(15-13-27)20-8-6-19(7-9-20)25-23(31)21-10-11-22(30)29(26-21)16-17-2-4-18(24)5-3-17/h2-9H,10-16H2,1H3,(H,25,31). The van der Waals surface area contributed by atoms with Crippen molar-refractivity contribution in [2.75, 3.05) is 43.4 Å². The van der Waals surface area contributed by atoms with Gasteiger partial charge in [-0.1, -0.05) is 12.1 Å². The van der Waals surface area contributed by atoms with Gasteiger partial charge in [0.15, 0.2) is 0 Å². The molecule has 2 aromatic carbocycles. The summed E-state index contributed by atoms with van der Waals surface area (Å²) in [7, 11) is 2.12. The molecule has 0 radical (unpaired) electrons. The molecule has 1 saturated heterocycles. The Balaban J connectivity index is 1.39. The SMILES string of the molecule is CN1CCN(c2ccc(NC(=O)C3=NN(Cc4ccc(F)cc4)C(=O)CC3)cc2)CC1. The summed E-state index contributed by atoms with van der Waals surface area (Å²) in [6.45, 7) is 4.24. The fourth-order valence-corrected chi connectivity index (χ4v) is 3.67. The lowest BCUT2D eigenvalue weighted by Crippen LogP contribution is -2.44. The number of hydrogen-bond acceptors (Lipinski definition) is 5. The molecule has 1 N–H and O–H groups in total. The average Bonchev–Trinajstić information content (AvgIpc) is 2.78. The second-order valence-corrected chi connectivity index (χ2v) is 7.92. The van der Waals surface area contributed by atoms with Crippen LogP contribution in [0.2, 0.25) is 0 Å². The number of carbonyl (C=O) groups excluding carboxylic acids is 2. The van der Waals surface area contributed by atoms with E-state index in [9.17, 15) is 14.0 Å². The van der Waals surface area contributed by atoms with E-state index in [1.165, 1.54) is 17.1 Å². The first kappa shape index (κ1) is 21.0. The number of amides is 2. The highest BCUT2D eigenvalue weighted by molar-refractivity contribution is 6.43. The van der Waals surface area contributed by atoms with Gasteiger partial charge in [-0.05, 0) is 49.0 Å². The first-order valence-corrected chi connectivity index (χ1v) is 10.4. The van der Waals surface area contributed by atoms with Crippen molar-refractivity contribution >= 4 is 28.9 Å². The number of rotatable bonds is 5. The molecule has 7 nitrogen and oxygen atoms in total. The van der Waals surface area contributed by atoms with Crippen LogP contribution in [0.15, 0.2) is 53.6 Å². The van der Waals surface area contributed by atoms with Gasteiger partial charge in [0.05, 0.1) is 6.54 Å². The Bertz CT molecular complexity index is 966. The number of benzene rings is 2. The number of carbonyl (C=O) groups is 2. The molecule has 2 heterocycles. The van der Waals surface area contributed by atoms with Gasteiger partial charge in [-0.2, -0.15) is 5.10 Å². The number of hydrogen-bond donors (Lipinski definition) is 1. The summed E-state index contributed by atoms with van der Waals surface area (Å²) in [6, 6.07) is 13.7. The van der Waals surface area contributed by atoms with Crippen LogP contribution in [0.5, 0.6) is 0 Å². The van der Waals surface area contributed by atoms with Crippen LogP contribution in [-0.2, 0) is 16.1 Å². The lowest BCUT2D eigenvalue weighted by atomic mass is 10.1. The minimum atomic E-state index is -0.337. The Labute approximate surface area is 181 Å². The average molecular weight is 423 g/mol. The first-order chi connectivity index (χ1) is 15.0. The Hall–Kier alpha value is -3.26. The maximum Gasteiger partial charge on any atom is 0.271 e. The van der Waals surface area contributed by atoms with Gasteiger partial charge in [-0.15, -0.1) is 0 Å². The molecule has 31 heavy (non-hydrogen) atoms. The Kier molecular flexibility index (Phi) is 6.27. The van der Waals surface area contributed by atoms with Crippen molar-refractivity contribution in [2.24, 2.45) is 5.10 Å². The Morgan fingerprint density at radius 1 is 1.00 bits per heavy atom. The zero-order chi connectivity index (χ0) is 21.8. The number of likely N-dealkylation sites (N-methyl/N-ethyl adjacent to an activating group) is 1. The molecule has 0 aromatic heterocycles. The van der Waals surface area contributed by atoms with Crippen LogP contribution in [0.4, 0.5) is 15.8 Å². The van der Waals surface area contributed by atoms with E-state index in [4.69, 9.17) is 0 Å². The van der Waals surface area contributed by atoms with Gasteiger partial charge in [-0.3, -0.25) is 9.59 Å². The third-order valence-electron chi connectivity index (χ3n) is 5.61. The molecule has 0 saturated carbocycles. The normalized spacial score (nSPS) is 17.5. The summed E-state index contributed by atoms with van der Waals surface area (Å²) >= 11 is 0. The van der Waals surface area contributed by atoms with E-state index in [0.29, 0.717) is 17.8 Å². The summed E-state index contributed by atoms with van der Waals surface area (Å²) < 4.78 is 13.1. The quantitative estimate of drug-likeness (QED) is 0.803. The number of halogens is 1. The molecular formula is C23H26FN5O2. The maximum absolute atomic E-state index is 13.1. The number of piperazine rings is 1. The fraction of sp³-hybridized carbons (Fsp3) is 0.348. The van der Waals surface area contributed by atoms with E-state index in [1.54, 1.807) is 12.1 Å². The van der Waals surface area contributed by atoms with Crippen molar-refractivity contribution in [1.29, 1.82) is 0 Å². The van der Waals surface area contributed by atoms with Crippen LogP contribution in [0, 0.1) is 5.82 Å². The van der Waals surface area contributed by atoms with E-state index in [2.05, 4.69) is 27.3 Å². The van der Waals surface area contributed by atoms with E-state index < -0.39 is 0 Å². The van der Waals surface area contributed by atoms with Gasteiger partial charge in [0.2, 0.25) is 5.91 Å². The molecule has 2 amide bonds. The van der Waals surface area contributed by atoms with Crippen LogP contribution >= 0.6 is 0 Å². The first-order valence-electron chi connectivity index (χ1n) is 10.4. The minimum Gasteiger partial charge on any atom is -0.369 e. The van der Waals surface area contributed by atoms with Crippen molar-refractivity contribution in [2.45, 2.75) is 19.4 Å². The van der Waals surface area contributed by atoms with E-state index in [1.807, 2.05) is 24.3 Å². The molecule has 2 aliphatic heterocycles. The molecule has 0 spiro atoms. The molecule has 0 unspecified atom stereocenters. The van der Waals surface area contributed by atoms with Gasteiger partial charge < -0.3 is 15.1 Å².